The van der Waals surface area contributed by atoms with Crippen LogP contribution < -0.4 is 0 Å². The lowest BCUT2D eigenvalue weighted by Crippen LogP contribution is -2.47. The van der Waals surface area contributed by atoms with E-state index in [2.05, 4.69) is 0 Å². The fourth-order valence-electron chi connectivity index (χ4n) is 2.96. The first-order chi connectivity index (χ1) is 7.45. The second kappa shape index (κ2) is 4.54. The summed E-state index contributed by atoms with van der Waals surface area (Å²) in [5.41, 5.74) is 2.12. The Morgan fingerprint density at radius 3 is 2.25 bits per heavy atom. The summed E-state index contributed by atoms with van der Waals surface area (Å²) in [6, 6.07) is 0. The highest BCUT2D eigenvalue weighted by Gasteiger charge is 2.67. The van der Waals surface area contributed by atoms with E-state index in [-0.39, 0.29) is 22.6 Å². The number of rotatable bonds is 2. The quantitative estimate of drug-likeness (QED) is 0.619. The fraction of sp³-hybridized carbons (Fsp3) is 0.800. The van der Waals surface area contributed by atoms with Crippen LogP contribution in [0.5, 0.6) is 0 Å². The van der Waals surface area contributed by atoms with Crippen molar-refractivity contribution in [3.63, 3.8) is 0 Å². The Balaban J connectivity index is 2.48. The largest absolute Gasteiger partial charge is 0.141 e. The summed E-state index contributed by atoms with van der Waals surface area (Å²) in [7, 11) is 0. The van der Waals surface area contributed by atoms with Crippen LogP contribution in [0.3, 0.4) is 0 Å². The van der Waals surface area contributed by atoms with Crippen molar-refractivity contribution in [3.8, 4) is 0 Å². The van der Waals surface area contributed by atoms with E-state index in [1.807, 2.05) is 0 Å². The smallest absolute Gasteiger partial charge is 0.126 e. The first-order valence-electron chi connectivity index (χ1n) is 4.90. The van der Waals surface area contributed by atoms with E-state index in [4.69, 9.17) is 69.6 Å². The standard InChI is InChI=1S/C10H10Cl6/c11-2-7-5-1-6(8(14)10(5,15)16)9(7,3-12)4-13/h2,5-6,8H,1,3-4H2/b7-2-. The van der Waals surface area contributed by atoms with E-state index in [1.54, 1.807) is 0 Å². The predicted molar refractivity (Wildman–Crippen MR) is 73.5 cm³/mol. The van der Waals surface area contributed by atoms with E-state index < -0.39 is 4.33 Å². The van der Waals surface area contributed by atoms with Crippen molar-refractivity contribution in [2.24, 2.45) is 17.3 Å². The zero-order valence-electron chi connectivity index (χ0n) is 8.20. The monoisotopic (exact) mass is 340 g/mol. The van der Waals surface area contributed by atoms with Gasteiger partial charge in [0.15, 0.2) is 0 Å². The van der Waals surface area contributed by atoms with Gasteiger partial charge < -0.3 is 0 Å². The molecule has 0 aromatic carbocycles. The fourth-order valence-corrected chi connectivity index (χ4v) is 5.54. The molecule has 3 unspecified atom stereocenters. The zero-order chi connectivity index (χ0) is 12.1. The maximum atomic E-state index is 6.31. The summed E-state index contributed by atoms with van der Waals surface area (Å²) >= 11 is 36.9. The molecule has 2 saturated carbocycles. The van der Waals surface area contributed by atoms with Crippen molar-refractivity contribution in [1.29, 1.82) is 0 Å². The van der Waals surface area contributed by atoms with E-state index in [9.17, 15) is 0 Å². The summed E-state index contributed by atoms with van der Waals surface area (Å²) in [5.74, 6) is 0.833. The van der Waals surface area contributed by atoms with Crippen molar-refractivity contribution in [2.45, 2.75) is 16.1 Å². The minimum Gasteiger partial charge on any atom is -0.126 e. The molecule has 0 amide bonds. The Labute approximate surface area is 125 Å². The van der Waals surface area contributed by atoms with Gasteiger partial charge in [-0.2, -0.15) is 0 Å². The van der Waals surface area contributed by atoms with Gasteiger partial charge in [-0.25, -0.2) is 0 Å². The van der Waals surface area contributed by atoms with Crippen LogP contribution in [0.25, 0.3) is 0 Å². The number of hydrogen-bond acceptors (Lipinski definition) is 0. The van der Waals surface area contributed by atoms with E-state index in [0.29, 0.717) is 11.8 Å². The van der Waals surface area contributed by atoms with E-state index >= 15 is 0 Å². The molecule has 0 radical (unpaired) electrons. The van der Waals surface area contributed by atoms with Crippen molar-refractivity contribution in [2.75, 3.05) is 11.8 Å². The van der Waals surface area contributed by atoms with E-state index in [0.717, 1.165) is 12.0 Å². The average molecular weight is 343 g/mol. The molecule has 0 aliphatic heterocycles. The second-order valence-corrected chi connectivity index (χ2v) is 7.13. The van der Waals surface area contributed by atoms with Crippen LogP contribution in [0.15, 0.2) is 11.1 Å². The molecule has 2 bridgehead atoms. The lowest BCUT2D eigenvalue weighted by Gasteiger charge is -2.43. The third-order valence-corrected chi connectivity index (χ3v) is 6.99. The molecule has 0 aromatic heterocycles. The maximum Gasteiger partial charge on any atom is 0.141 e. The van der Waals surface area contributed by atoms with Crippen LogP contribution in [-0.4, -0.2) is 21.5 Å². The molecule has 0 spiro atoms. The molecular formula is C10H10Cl6. The highest BCUT2D eigenvalue weighted by atomic mass is 35.5. The maximum absolute atomic E-state index is 6.31. The molecule has 6 heteroatoms. The highest BCUT2D eigenvalue weighted by Crippen LogP contribution is 2.68. The van der Waals surface area contributed by atoms with Crippen molar-refractivity contribution in [1.82, 2.24) is 0 Å². The minimum absolute atomic E-state index is 0.0432. The number of fused-ring (bicyclic) bond motifs is 2. The number of halogens is 6. The van der Waals surface area contributed by atoms with E-state index in [1.165, 1.54) is 5.54 Å². The summed E-state index contributed by atoms with van der Waals surface area (Å²) in [5, 5.41) is -0.335. The zero-order valence-corrected chi connectivity index (χ0v) is 12.7. The molecule has 92 valence electrons. The van der Waals surface area contributed by atoms with Crippen molar-refractivity contribution in [3.05, 3.63) is 11.1 Å². The summed E-state index contributed by atoms with van der Waals surface area (Å²) < 4.78 is -0.964. The van der Waals surface area contributed by atoms with Gasteiger partial charge in [0.05, 0.1) is 5.38 Å². The molecule has 2 aliphatic rings. The van der Waals surface area contributed by atoms with Gasteiger partial charge in [0.2, 0.25) is 0 Å². The molecule has 0 nitrogen and oxygen atoms in total. The molecule has 2 rings (SSSR count). The van der Waals surface area contributed by atoms with Gasteiger partial charge in [-0.05, 0) is 17.9 Å². The number of alkyl halides is 5. The SMILES string of the molecule is Cl/C=C1/C2CC(C(Cl)C2(Cl)Cl)C1(CCl)CCl. The summed E-state index contributed by atoms with van der Waals surface area (Å²) in [6.45, 7) is 0. The number of hydrogen-bond donors (Lipinski definition) is 0. The Bertz CT molecular complexity index is 319. The van der Waals surface area contributed by atoms with Crippen LogP contribution in [0.2, 0.25) is 0 Å². The summed E-state index contributed by atoms with van der Waals surface area (Å²) in [6.07, 6.45) is 0.805. The highest BCUT2D eigenvalue weighted by molar-refractivity contribution is 6.53. The Morgan fingerprint density at radius 1 is 1.25 bits per heavy atom. The molecule has 0 saturated heterocycles. The molecule has 3 atom stereocenters. The molecule has 0 heterocycles. The molecular weight excluding hydrogens is 333 g/mol. The van der Waals surface area contributed by atoms with Crippen LogP contribution in [0, 0.1) is 17.3 Å². The Morgan fingerprint density at radius 2 is 1.81 bits per heavy atom. The van der Waals surface area contributed by atoms with Gasteiger partial charge >= 0.3 is 0 Å². The third kappa shape index (κ3) is 1.57. The first-order valence-corrected chi connectivity index (χ1v) is 7.60. The second-order valence-electron chi connectivity index (χ2n) is 4.46. The predicted octanol–water partition coefficient (Wildman–Crippen LogP) is 5.00. The Hall–Kier alpha value is 1.48. The number of allylic oxidation sites excluding steroid dienone is 1. The van der Waals surface area contributed by atoms with Crippen LogP contribution in [0.4, 0.5) is 0 Å². The van der Waals surface area contributed by atoms with Gasteiger partial charge in [0.1, 0.15) is 4.33 Å². The summed E-state index contributed by atoms with van der Waals surface area (Å²) in [4.78, 5) is 0. The minimum atomic E-state index is -0.964. The van der Waals surface area contributed by atoms with Crippen LogP contribution in [0.1, 0.15) is 6.42 Å². The lowest BCUT2D eigenvalue weighted by molar-refractivity contribution is 0.297. The topological polar surface area (TPSA) is 0 Å². The van der Waals surface area contributed by atoms with Crippen LogP contribution in [-0.2, 0) is 0 Å². The van der Waals surface area contributed by atoms with Crippen molar-refractivity contribution >= 4 is 69.6 Å². The Kier molecular flexibility index (Phi) is 3.95. The van der Waals surface area contributed by atoms with Gasteiger partial charge in [-0.1, -0.05) is 34.8 Å². The normalized spacial score (nSPS) is 41.9. The molecule has 2 aliphatic carbocycles. The van der Waals surface area contributed by atoms with Crippen molar-refractivity contribution < 1.29 is 0 Å². The van der Waals surface area contributed by atoms with Gasteiger partial charge in [-0.15, -0.1) is 34.8 Å². The molecule has 16 heavy (non-hydrogen) atoms. The first kappa shape index (κ1) is 13.9. The van der Waals surface area contributed by atoms with Gasteiger partial charge in [0, 0.05) is 28.6 Å². The lowest BCUT2D eigenvalue weighted by atomic mass is 9.72. The van der Waals surface area contributed by atoms with Crippen LogP contribution >= 0.6 is 69.6 Å². The molecule has 0 aromatic rings. The third-order valence-electron chi connectivity index (χ3n) is 3.93. The average Bonchev–Trinajstić information content (AvgIpc) is 2.72. The van der Waals surface area contributed by atoms with Gasteiger partial charge in [-0.3, -0.25) is 0 Å². The molecule has 0 N–H and O–H groups in total. The van der Waals surface area contributed by atoms with Gasteiger partial charge in [0.25, 0.3) is 0 Å². The molecule has 2 fully saturated rings.